The van der Waals surface area contributed by atoms with Gasteiger partial charge >= 0.3 is 5.97 Å². The molecule has 0 aliphatic heterocycles. The number of aromatic nitrogens is 1. The Morgan fingerprint density at radius 3 is 2.82 bits per heavy atom. The molecule has 0 aliphatic carbocycles. The number of amides is 1. The van der Waals surface area contributed by atoms with Crippen LogP contribution in [0.3, 0.4) is 0 Å². The largest absolute Gasteiger partial charge is 0.480 e. The average Bonchev–Trinajstić information content (AvgIpc) is 2.90. The Morgan fingerprint density at radius 2 is 2.23 bits per heavy atom. The molecule has 124 valence electrons. The van der Waals surface area contributed by atoms with Crippen LogP contribution in [0.15, 0.2) is 5.38 Å². The van der Waals surface area contributed by atoms with Crippen molar-refractivity contribution in [2.75, 3.05) is 13.1 Å². The van der Waals surface area contributed by atoms with E-state index in [9.17, 15) is 14.7 Å². The average molecular weight is 327 g/mol. The van der Waals surface area contributed by atoms with Gasteiger partial charge in [-0.2, -0.15) is 0 Å². The van der Waals surface area contributed by atoms with Gasteiger partial charge in [0.05, 0.1) is 10.7 Å². The summed E-state index contributed by atoms with van der Waals surface area (Å²) in [6, 6.07) is -0.616. The van der Waals surface area contributed by atoms with E-state index in [-0.39, 0.29) is 5.91 Å². The van der Waals surface area contributed by atoms with Gasteiger partial charge in [0, 0.05) is 31.9 Å². The Labute approximate surface area is 135 Å². The van der Waals surface area contributed by atoms with Crippen molar-refractivity contribution >= 4 is 23.2 Å². The fourth-order valence-corrected chi connectivity index (χ4v) is 2.85. The van der Waals surface area contributed by atoms with Crippen LogP contribution in [0.5, 0.6) is 0 Å². The molecule has 0 saturated carbocycles. The Hall–Kier alpha value is -1.47. The van der Waals surface area contributed by atoms with Crippen molar-refractivity contribution in [3.63, 3.8) is 0 Å². The molecule has 0 fully saturated rings. The number of thiazole rings is 1. The van der Waals surface area contributed by atoms with Gasteiger partial charge in [0.25, 0.3) is 0 Å². The molecule has 0 aromatic carbocycles. The van der Waals surface area contributed by atoms with Gasteiger partial charge in [-0.3, -0.25) is 14.5 Å². The number of carboxylic acids is 1. The summed E-state index contributed by atoms with van der Waals surface area (Å²) in [5.74, 6) is -0.984. The molecular formula is C15H25N3O3S. The molecular weight excluding hydrogens is 302 g/mol. The number of nitrogens with zero attached hydrogens (tertiary/aromatic N) is 2. The van der Waals surface area contributed by atoms with Crippen molar-refractivity contribution in [1.82, 2.24) is 15.2 Å². The highest BCUT2D eigenvalue weighted by Crippen LogP contribution is 2.15. The van der Waals surface area contributed by atoms with Gasteiger partial charge in [-0.25, -0.2) is 4.98 Å². The van der Waals surface area contributed by atoms with Gasteiger partial charge in [-0.15, -0.1) is 11.3 Å². The molecule has 0 spiro atoms. The van der Waals surface area contributed by atoms with E-state index in [4.69, 9.17) is 0 Å². The Kier molecular flexibility index (Phi) is 8.05. The summed E-state index contributed by atoms with van der Waals surface area (Å²) in [6.45, 7) is 6.64. The fourth-order valence-electron chi connectivity index (χ4n) is 2.01. The lowest BCUT2D eigenvalue weighted by atomic mass is 10.2. The molecule has 0 radical (unpaired) electrons. The number of aryl methyl sites for hydroxylation is 1. The Bertz CT molecular complexity index is 490. The number of carbonyl (C=O) groups is 2. The Morgan fingerprint density at radius 1 is 1.50 bits per heavy atom. The molecule has 0 bridgehead atoms. The third-order valence-corrected chi connectivity index (χ3v) is 4.34. The van der Waals surface area contributed by atoms with Crippen LogP contribution in [0.25, 0.3) is 0 Å². The summed E-state index contributed by atoms with van der Waals surface area (Å²) in [4.78, 5) is 28.5. The second kappa shape index (κ2) is 9.53. The maximum atomic E-state index is 11.2. The standard InChI is InChI=1S/C15H25N3O3S/c1-4-5-6-14-17-13(10-22-14)9-18(11(2)15(20)21)8-7-16-12(3)19/h10-11H,4-9H2,1-3H3,(H,16,19)(H,20,21). The number of nitrogens with one attached hydrogen (secondary N) is 1. The van der Waals surface area contributed by atoms with Crippen LogP contribution in [0.2, 0.25) is 0 Å². The van der Waals surface area contributed by atoms with E-state index in [1.807, 2.05) is 10.3 Å². The molecule has 1 heterocycles. The van der Waals surface area contributed by atoms with Crippen molar-refractivity contribution in [2.45, 2.75) is 52.6 Å². The number of carboxylic acid groups (broad SMARTS) is 1. The normalized spacial score (nSPS) is 12.4. The maximum Gasteiger partial charge on any atom is 0.320 e. The van der Waals surface area contributed by atoms with Crippen LogP contribution in [0.4, 0.5) is 0 Å². The minimum Gasteiger partial charge on any atom is -0.480 e. The van der Waals surface area contributed by atoms with Crippen molar-refractivity contribution in [3.05, 3.63) is 16.1 Å². The van der Waals surface area contributed by atoms with Crippen LogP contribution in [-0.2, 0) is 22.6 Å². The molecule has 22 heavy (non-hydrogen) atoms. The van der Waals surface area contributed by atoms with Crippen molar-refractivity contribution in [3.8, 4) is 0 Å². The summed E-state index contributed by atoms with van der Waals surface area (Å²) in [5.41, 5.74) is 0.895. The first-order valence-electron chi connectivity index (χ1n) is 7.58. The van der Waals surface area contributed by atoms with Crippen LogP contribution >= 0.6 is 11.3 Å². The van der Waals surface area contributed by atoms with E-state index < -0.39 is 12.0 Å². The summed E-state index contributed by atoms with van der Waals surface area (Å²) in [5, 5.41) is 15.0. The van der Waals surface area contributed by atoms with Gasteiger partial charge < -0.3 is 10.4 Å². The molecule has 1 unspecified atom stereocenters. The number of unbranched alkanes of at least 4 members (excludes halogenated alkanes) is 1. The smallest absolute Gasteiger partial charge is 0.320 e. The lowest BCUT2D eigenvalue weighted by Crippen LogP contribution is -2.42. The molecule has 1 aromatic rings. The van der Waals surface area contributed by atoms with Crippen LogP contribution in [0, 0.1) is 0 Å². The predicted octanol–water partition coefficient (Wildman–Crippen LogP) is 1.90. The van der Waals surface area contributed by atoms with Crippen LogP contribution < -0.4 is 5.32 Å². The van der Waals surface area contributed by atoms with E-state index in [2.05, 4.69) is 17.2 Å². The highest BCUT2D eigenvalue weighted by molar-refractivity contribution is 7.09. The van der Waals surface area contributed by atoms with Gasteiger partial charge in [0.1, 0.15) is 6.04 Å². The minimum absolute atomic E-state index is 0.113. The first-order valence-corrected chi connectivity index (χ1v) is 8.46. The van der Waals surface area contributed by atoms with E-state index >= 15 is 0 Å². The highest BCUT2D eigenvalue weighted by Gasteiger charge is 2.21. The number of rotatable bonds is 10. The van der Waals surface area contributed by atoms with Gasteiger partial charge in [-0.05, 0) is 19.8 Å². The predicted molar refractivity (Wildman–Crippen MR) is 86.9 cm³/mol. The highest BCUT2D eigenvalue weighted by atomic mass is 32.1. The van der Waals surface area contributed by atoms with E-state index in [0.717, 1.165) is 30.0 Å². The summed E-state index contributed by atoms with van der Waals surface area (Å²) >= 11 is 1.63. The number of hydrogen-bond donors (Lipinski definition) is 2. The van der Waals surface area contributed by atoms with Crippen LogP contribution in [-0.4, -0.2) is 46.0 Å². The van der Waals surface area contributed by atoms with Gasteiger partial charge in [0.15, 0.2) is 0 Å². The lowest BCUT2D eigenvalue weighted by Gasteiger charge is -2.25. The minimum atomic E-state index is -0.871. The molecule has 1 rings (SSSR count). The SMILES string of the molecule is CCCCc1nc(CN(CCNC(C)=O)C(C)C(=O)O)cs1. The summed E-state index contributed by atoms with van der Waals surface area (Å²) in [7, 11) is 0. The Balaban J connectivity index is 2.64. The lowest BCUT2D eigenvalue weighted by molar-refractivity contribution is -0.142. The van der Waals surface area contributed by atoms with Crippen molar-refractivity contribution in [2.24, 2.45) is 0 Å². The monoisotopic (exact) mass is 327 g/mol. The first-order chi connectivity index (χ1) is 10.4. The molecule has 0 aliphatic rings. The number of aliphatic carboxylic acids is 1. The molecule has 1 aromatic heterocycles. The molecule has 7 heteroatoms. The number of carbonyl (C=O) groups excluding carboxylic acids is 1. The zero-order chi connectivity index (χ0) is 16.5. The fraction of sp³-hybridized carbons (Fsp3) is 0.667. The van der Waals surface area contributed by atoms with E-state index in [1.54, 1.807) is 18.3 Å². The molecule has 6 nitrogen and oxygen atoms in total. The molecule has 0 saturated heterocycles. The quantitative estimate of drug-likeness (QED) is 0.686. The third-order valence-electron chi connectivity index (χ3n) is 3.39. The van der Waals surface area contributed by atoms with Crippen molar-refractivity contribution < 1.29 is 14.7 Å². The van der Waals surface area contributed by atoms with Crippen LogP contribution in [0.1, 0.15) is 44.3 Å². The molecule has 2 N–H and O–H groups in total. The number of hydrogen-bond acceptors (Lipinski definition) is 5. The van der Waals surface area contributed by atoms with E-state index in [1.165, 1.54) is 6.92 Å². The zero-order valence-corrected chi connectivity index (χ0v) is 14.3. The molecule has 1 atom stereocenters. The topological polar surface area (TPSA) is 82.5 Å². The van der Waals surface area contributed by atoms with Gasteiger partial charge in [-0.1, -0.05) is 13.3 Å². The molecule has 1 amide bonds. The summed E-state index contributed by atoms with van der Waals surface area (Å²) < 4.78 is 0. The maximum absolute atomic E-state index is 11.2. The zero-order valence-electron chi connectivity index (χ0n) is 13.5. The first kappa shape index (κ1) is 18.6. The second-order valence-electron chi connectivity index (χ2n) is 5.30. The van der Waals surface area contributed by atoms with Crippen molar-refractivity contribution in [1.29, 1.82) is 0 Å². The van der Waals surface area contributed by atoms with Gasteiger partial charge in [0.2, 0.25) is 5.91 Å². The summed E-state index contributed by atoms with van der Waals surface area (Å²) in [6.07, 6.45) is 3.22. The third kappa shape index (κ3) is 6.53. The van der Waals surface area contributed by atoms with E-state index in [0.29, 0.717) is 19.6 Å². The second-order valence-corrected chi connectivity index (χ2v) is 6.25.